The van der Waals surface area contributed by atoms with Crippen LogP contribution in [0.4, 0.5) is 0 Å². The molecule has 0 fully saturated rings. The number of aliphatic hydroxyl groups excluding tert-OH is 1. The SMILES string of the molecule is COCCN1C(=O)C(O)=C(C(=O)c2ccco2)[C@H]1c1ccc(OCc2ccccc2)c(OC)c1. The third kappa shape index (κ3) is 4.53. The summed E-state index contributed by atoms with van der Waals surface area (Å²) in [6, 6.07) is 17.1. The van der Waals surface area contributed by atoms with Crippen LogP contribution in [0.5, 0.6) is 11.5 Å². The van der Waals surface area contributed by atoms with Crippen molar-refractivity contribution in [2.75, 3.05) is 27.4 Å². The predicted octanol–water partition coefficient (Wildman–Crippen LogP) is 4.09. The number of ether oxygens (including phenoxy) is 3. The van der Waals surface area contributed by atoms with E-state index in [-0.39, 0.29) is 24.5 Å². The number of rotatable bonds is 10. The van der Waals surface area contributed by atoms with Crippen molar-refractivity contribution in [2.24, 2.45) is 0 Å². The van der Waals surface area contributed by atoms with Crippen molar-refractivity contribution >= 4 is 11.7 Å². The number of methoxy groups -OCH3 is 2. The second kappa shape index (κ2) is 10.3. The van der Waals surface area contributed by atoms with Crippen molar-refractivity contribution in [3.63, 3.8) is 0 Å². The van der Waals surface area contributed by atoms with Gasteiger partial charge in [0, 0.05) is 13.7 Å². The molecule has 0 saturated heterocycles. The molecular formula is C26H25NO7. The largest absolute Gasteiger partial charge is 0.503 e. The first-order chi connectivity index (χ1) is 16.5. The Morgan fingerprint density at radius 3 is 2.53 bits per heavy atom. The third-order valence-corrected chi connectivity index (χ3v) is 5.57. The molecule has 0 spiro atoms. The molecule has 0 radical (unpaired) electrons. The maximum Gasteiger partial charge on any atom is 0.290 e. The molecule has 1 aliphatic rings. The molecule has 8 heteroatoms. The predicted molar refractivity (Wildman–Crippen MR) is 123 cm³/mol. The lowest BCUT2D eigenvalue weighted by atomic mass is 9.94. The van der Waals surface area contributed by atoms with Crippen LogP contribution < -0.4 is 9.47 Å². The monoisotopic (exact) mass is 463 g/mol. The van der Waals surface area contributed by atoms with Crippen molar-refractivity contribution in [2.45, 2.75) is 12.6 Å². The second-order valence-electron chi connectivity index (χ2n) is 7.65. The van der Waals surface area contributed by atoms with Crippen LogP contribution in [0.1, 0.15) is 27.7 Å². The number of ketones is 1. The summed E-state index contributed by atoms with van der Waals surface area (Å²) in [7, 11) is 3.03. The number of Topliss-reactive ketones (excluding diaryl/α,β-unsaturated/α-hetero) is 1. The minimum Gasteiger partial charge on any atom is -0.503 e. The van der Waals surface area contributed by atoms with Gasteiger partial charge < -0.3 is 28.6 Å². The lowest BCUT2D eigenvalue weighted by molar-refractivity contribution is -0.130. The summed E-state index contributed by atoms with van der Waals surface area (Å²) in [5, 5.41) is 10.6. The van der Waals surface area contributed by atoms with Crippen molar-refractivity contribution in [1.82, 2.24) is 4.90 Å². The van der Waals surface area contributed by atoms with Crippen LogP contribution in [0.2, 0.25) is 0 Å². The smallest absolute Gasteiger partial charge is 0.290 e. The summed E-state index contributed by atoms with van der Waals surface area (Å²) in [5.74, 6) is -0.850. The minimum absolute atomic E-state index is 0.0303. The maximum atomic E-state index is 13.2. The molecule has 1 N–H and O–H groups in total. The van der Waals surface area contributed by atoms with Crippen LogP contribution in [0, 0.1) is 0 Å². The Morgan fingerprint density at radius 1 is 1.06 bits per heavy atom. The molecule has 176 valence electrons. The highest BCUT2D eigenvalue weighted by atomic mass is 16.5. The van der Waals surface area contributed by atoms with Crippen LogP contribution in [0.15, 0.2) is 82.7 Å². The van der Waals surface area contributed by atoms with E-state index >= 15 is 0 Å². The highest BCUT2D eigenvalue weighted by molar-refractivity contribution is 6.15. The van der Waals surface area contributed by atoms with Gasteiger partial charge in [-0.3, -0.25) is 9.59 Å². The highest BCUT2D eigenvalue weighted by Gasteiger charge is 2.44. The normalized spacial score (nSPS) is 15.6. The Hall–Kier alpha value is -4.04. The van der Waals surface area contributed by atoms with Gasteiger partial charge in [0.2, 0.25) is 5.78 Å². The van der Waals surface area contributed by atoms with Gasteiger partial charge in [0.1, 0.15) is 6.61 Å². The van der Waals surface area contributed by atoms with E-state index in [1.807, 2.05) is 30.3 Å². The number of furan rings is 1. The summed E-state index contributed by atoms with van der Waals surface area (Å²) < 4.78 is 21.8. The fraction of sp³-hybridized carbons (Fsp3) is 0.231. The number of benzene rings is 2. The fourth-order valence-electron chi connectivity index (χ4n) is 3.90. The second-order valence-corrected chi connectivity index (χ2v) is 7.65. The molecule has 1 amide bonds. The molecule has 3 aromatic rings. The summed E-state index contributed by atoms with van der Waals surface area (Å²) in [4.78, 5) is 27.5. The Balaban J connectivity index is 1.69. The van der Waals surface area contributed by atoms with Gasteiger partial charge in [-0.1, -0.05) is 36.4 Å². The van der Waals surface area contributed by atoms with Gasteiger partial charge >= 0.3 is 0 Å². The average molecular weight is 463 g/mol. The number of hydrogen-bond donors (Lipinski definition) is 1. The molecule has 0 saturated carbocycles. The summed E-state index contributed by atoms with van der Waals surface area (Å²) in [6.07, 6.45) is 1.36. The van der Waals surface area contributed by atoms with Crippen LogP contribution in [0.3, 0.4) is 0 Å². The first kappa shape index (κ1) is 23.1. The lowest BCUT2D eigenvalue weighted by Gasteiger charge is -2.27. The Bertz CT molecular complexity index is 1190. The van der Waals surface area contributed by atoms with Crippen LogP contribution in [0.25, 0.3) is 0 Å². The van der Waals surface area contributed by atoms with Gasteiger partial charge in [-0.15, -0.1) is 0 Å². The van der Waals surface area contributed by atoms with Gasteiger partial charge in [-0.05, 0) is 35.4 Å². The van der Waals surface area contributed by atoms with E-state index in [0.717, 1.165) is 5.56 Å². The zero-order valence-corrected chi connectivity index (χ0v) is 18.9. The molecule has 8 nitrogen and oxygen atoms in total. The lowest BCUT2D eigenvalue weighted by Crippen LogP contribution is -2.34. The van der Waals surface area contributed by atoms with E-state index in [0.29, 0.717) is 23.7 Å². The van der Waals surface area contributed by atoms with E-state index in [2.05, 4.69) is 0 Å². The summed E-state index contributed by atoms with van der Waals surface area (Å²) in [5.41, 5.74) is 1.52. The van der Waals surface area contributed by atoms with Gasteiger partial charge in [-0.25, -0.2) is 0 Å². The average Bonchev–Trinajstić information content (AvgIpc) is 3.49. The zero-order valence-electron chi connectivity index (χ0n) is 18.9. The third-order valence-electron chi connectivity index (χ3n) is 5.57. The van der Waals surface area contributed by atoms with E-state index in [1.165, 1.54) is 31.4 Å². The number of carbonyl (C=O) groups is 2. The van der Waals surface area contributed by atoms with Crippen LogP contribution in [-0.2, 0) is 16.1 Å². The summed E-state index contributed by atoms with van der Waals surface area (Å²) in [6.45, 7) is 0.752. The molecular weight excluding hydrogens is 438 g/mol. The number of carbonyl (C=O) groups excluding carboxylic acids is 2. The number of amides is 1. The van der Waals surface area contributed by atoms with Crippen molar-refractivity contribution < 1.29 is 33.3 Å². The Morgan fingerprint density at radius 2 is 1.85 bits per heavy atom. The van der Waals surface area contributed by atoms with Crippen molar-refractivity contribution in [3.8, 4) is 11.5 Å². The van der Waals surface area contributed by atoms with E-state index in [9.17, 15) is 14.7 Å². The van der Waals surface area contributed by atoms with E-state index < -0.39 is 23.5 Å². The Labute approximate surface area is 197 Å². The van der Waals surface area contributed by atoms with Crippen LogP contribution in [-0.4, -0.2) is 49.1 Å². The molecule has 2 aromatic carbocycles. The molecule has 1 aromatic heterocycles. The van der Waals surface area contributed by atoms with E-state index in [1.54, 1.807) is 24.3 Å². The number of hydrogen-bond acceptors (Lipinski definition) is 7. The standard InChI is InChI=1S/C26H25NO7/c1-31-14-12-27-23(22(25(29)26(27)30)24(28)20-9-6-13-33-20)18-10-11-19(21(15-18)32-2)34-16-17-7-4-3-5-8-17/h3-11,13,15,23,29H,12,14,16H2,1-2H3/t23-/m1/s1. The molecule has 0 bridgehead atoms. The summed E-state index contributed by atoms with van der Waals surface area (Å²) >= 11 is 0. The van der Waals surface area contributed by atoms with Crippen molar-refractivity contribution in [1.29, 1.82) is 0 Å². The molecule has 2 heterocycles. The van der Waals surface area contributed by atoms with Gasteiger partial charge in [0.15, 0.2) is 23.0 Å². The molecule has 4 rings (SSSR count). The van der Waals surface area contributed by atoms with Crippen LogP contribution >= 0.6 is 0 Å². The van der Waals surface area contributed by atoms with Crippen molar-refractivity contribution in [3.05, 3.63) is 95.1 Å². The fourth-order valence-corrected chi connectivity index (χ4v) is 3.90. The number of aliphatic hydroxyl groups is 1. The first-order valence-electron chi connectivity index (χ1n) is 10.7. The van der Waals surface area contributed by atoms with Gasteiger partial charge in [0.05, 0.1) is 31.6 Å². The zero-order chi connectivity index (χ0) is 24.1. The highest BCUT2D eigenvalue weighted by Crippen LogP contribution is 2.41. The minimum atomic E-state index is -0.850. The molecule has 34 heavy (non-hydrogen) atoms. The first-order valence-corrected chi connectivity index (χ1v) is 10.7. The molecule has 0 unspecified atom stereocenters. The quantitative estimate of drug-likeness (QED) is 0.452. The molecule has 1 atom stereocenters. The topological polar surface area (TPSA) is 98.4 Å². The van der Waals surface area contributed by atoms with Gasteiger partial charge in [0.25, 0.3) is 5.91 Å². The molecule has 1 aliphatic heterocycles. The van der Waals surface area contributed by atoms with Gasteiger partial charge in [-0.2, -0.15) is 0 Å². The number of nitrogens with zero attached hydrogens (tertiary/aromatic N) is 1. The Kier molecular flexibility index (Phi) is 6.98. The maximum absolute atomic E-state index is 13.2. The molecule has 0 aliphatic carbocycles. The van der Waals surface area contributed by atoms with E-state index in [4.69, 9.17) is 18.6 Å².